The number of esters is 1. The van der Waals surface area contributed by atoms with E-state index in [1.54, 1.807) is 0 Å². The van der Waals surface area contributed by atoms with E-state index in [4.69, 9.17) is 9.16 Å². The van der Waals surface area contributed by atoms with Crippen molar-refractivity contribution in [3.8, 4) is 0 Å². The third kappa shape index (κ3) is 7.41. The lowest BCUT2D eigenvalue weighted by Crippen LogP contribution is -2.66. The summed E-state index contributed by atoms with van der Waals surface area (Å²) in [5.74, 6) is -0.0794. The number of rotatable bonds is 9. The fourth-order valence-electron chi connectivity index (χ4n) is 4.59. The Morgan fingerprint density at radius 3 is 1.76 bits per heavy atom. The number of benzene rings is 2. The highest BCUT2D eigenvalue weighted by atomic mass is 28.4. The van der Waals surface area contributed by atoms with Crippen molar-refractivity contribution in [2.75, 3.05) is 6.61 Å². The first-order valence-corrected chi connectivity index (χ1v) is 14.3. The summed E-state index contributed by atoms with van der Waals surface area (Å²) in [5.41, 5.74) is 0.733. The van der Waals surface area contributed by atoms with Crippen LogP contribution in [0, 0.1) is 11.8 Å². The van der Waals surface area contributed by atoms with Crippen molar-refractivity contribution in [1.29, 1.82) is 0 Å². The highest BCUT2D eigenvalue weighted by Crippen LogP contribution is 2.37. The summed E-state index contributed by atoms with van der Waals surface area (Å²) in [6, 6.07) is 21.5. The molecule has 0 N–H and O–H groups in total. The zero-order valence-electron chi connectivity index (χ0n) is 22.6. The van der Waals surface area contributed by atoms with Gasteiger partial charge in [0.05, 0.1) is 5.92 Å². The minimum absolute atomic E-state index is 0.0422. The van der Waals surface area contributed by atoms with Gasteiger partial charge in [0.25, 0.3) is 8.32 Å². The Bertz CT molecular complexity index is 897. The van der Waals surface area contributed by atoms with Crippen LogP contribution < -0.4 is 10.4 Å². The first-order chi connectivity index (χ1) is 15.8. The molecule has 0 heterocycles. The third-order valence-electron chi connectivity index (χ3n) is 5.99. The molecule has 0 unspecified atom stereocenters. The average molecular weight is 481 g/mol. The van der Waals surface area contributed by atoms with Gasteiger partial charge in [-0.15, -0.1) is 0 Å². The molecule has 0 radical (unpaired) electrons. The van der Waals surface area contributed by atoms with Gasteiger partial charge in [-0.1, -0.05) is 107 Å². The van der Waals surface area contributed by atoms with E-state index in [1.807, 2.05) is 27.7 Å². The molecule has 2 aromatic rings. The number of hydrogen-bond acceptors (Lipinski definition) is 3. The van der Waals surface area contributed by atoms with Crippen LogP contribution in [0.5, 0.6) is 0 Å². The standard InChI is InChI=1S/C30H44O3Si/c1-23(21-25(3)28(31)33-29(4,5)6)20-24(2)22-32-34(30(7,8)9,26-16-12-10-13-17-26)27-18-14-11-15-19-27/h10-20,24-25H,21-22H2,1-9H3/b23-20+/t24-,25-/m0/s1. The second-order valence-electron chi connectivity index (χ2n) is 11.6. The Kier molecular flexibility index (Phi) is 9.50. The van der Waals surface area contributed by atoms with Gasteiger partial charge < -0.3 is 9.16 Å². The molecule has 0 bridgehead atoms. The van der Waals surface area contributed by atoms with E-state index in [1.165, 1.54) is 15.9 Å². The number of carbonyl (C=O) groups is 1. The quantitative estimate of drug-likeness (QED) is 0.233. The van der Waals surface area contributed by atoms with Gasteiger partial charge in [0.15, 0.2) is 0 Å². The molecule has 0 saturated carbocycles. The fourth-order valence-corrected chi connectivity index (χ4v) is 9.26. The predicted octanol–water partition coefficient (Wildman–Crippen LogP) is 6.51. The molecule has 0 saturated heterocycles. The second kappa shape index (κ2) is 11.5. The number of ether oxygens (including phenoxy) is 1. The highest BCUT2D eigenvalue weighted by molar-refractivity contribution is 6.99. The monoisotopic (exact) mass is 480 g/mol. The van der Waals surface area contributed by atoms with Gasteiger partial charge in [0.2, 0.25) is 0 Å². The van der Waals surface area contributed by atoms with Crippen molar-refractivity contribution in [3.63, 3.8) is 0 Å². The van der Waals surface area contributed by atoms with E-state index in [9.17, 15) is 4.79 Å². The van der Waals surface area contributed by atoms with E-state index in [0.717, 1.165) is 0 Å². The van der Waals surface area contributed by atoms with Crippen molar-refractivity contribution >= 4 is 24.7 Å². The third-order valence-corrected chi connectivity index (χ3v) is 11.0. The summed E-state index contributed by atoms with van der Waals surface area (Å²) in [5, 5.41) is 2.54. The van der Waals surface area contributed by atoms with Crippen molar-refractivity contribution in [2.24, 2.45) is 11.8 Å². The van der Waals surface area contributed by atoms with Crippen LogP contribution in [-0.4, -0.2) is 26.5 Å². The summed E-state index contributed by atoms with van der Waals surface area (Å²) in [6.07, 6.45) is 2.94. The van der Waals surface area contributed by atoms with E-state index >= 15 is 0 Å². The lowest BCUT2D eigenvalue weighted by atomic mass is 9.99. The van der Waals surface area contributed by atoms with Crippen LogP contribution in [0.15, 0.2) is 72.3 Å². The normalized spacial score (nSPS) is 15.0. The minimum atomic E-state index is -2.54. The molecule has 0 fully saturated rings. The maximum absolute atomic E-state index is 12.4. The zero-order chi connectivity index (χ0) is 25.6. The van der Waals surface area contributed by atoms with Crippen LogP contribution in [-0.2, 0) is 14.0 Å². The Morgan fingerprint density at radius 1 is 0.882 bits per heavy atom. The summed E-state index contributed by atoms with van der Waals surface area (Å²) in [7, 11) is -2.54. The molecular formula is C30H44O3Si. The average Bonchev–Trinajstić information content (AvgIpc) is 2.73. The molecule has 34 heavy (non-hydrogen) atoms. The van der Waals surface area contributed by atoms with E-state index < -0.39 is 13.9 Å². The zero-order valence-corrected chi connectivity index (χ0v) is 23.6. The molecule has 2 atom stereocenters. The molecule has 0 aromatic heterocycles. The van der Waals surface area contributed by atoms with Crippen LogP contribution in [0.4, 0.5) is 0 Å². The second-order valence-corrected chi connectivity index (χ2v) is 15.9. The van der Waals surface area contributed by atoms with Gasteiger partial charge in [-0.25, -0.2) is 0 Å². The maximum atomic E-state index is 12.4. The van der Waals surface area contributed by atoms with Gasteiger partial charge in [0, 0.05) is 6.61 Å². The first-order valence-electron chi connectivity index (χ1n) is 12.4. The van der Waals surface area contributed by atoms with E-state index in [0.29, 0.717) is 13.0 Å². The van der Waals surface area contributed by atoms with Crippen molar-refractivity contribution in [2.45, 2.75) is 79.4 Å². The Hall–Kier alpha value is -2.17. The van der Waals surface area contributed by atoms with Crippen molar-refractivity contribution < 1.29 is 14.0 Å². The molecule has 186 valence electrons. The van der Waals surface area contributed by atoms with Crippen LogP contribution in [0.25, 0.3) is 0 Å². The van der Waals surface area contributed by atoms with Gasteiger partial charge >= 0.3 is 5.97 Å². The van der Waals surface area contributed by atoms with Crippen LogP contribution in [0.2, 0.25) is 5.04 Å². The summed E-state index contributed by atoms with van der Waals surface area (Å²) in [4.78, 5) is 12.4. The van der Waals surface area contributed by atoms with Crippen molar-refractivity contribution in [3.05, 3.63) is 72.3 Å². The number of carbonyl (C=O) groups excluding carboxylic acids is 1. The molecule has 3 nitrogen and oxygen atoms in total. The summed E-state index contributed by atoms with van der Waals surface area (Å²) in [6.45, 7) is 19.5. The SMILES string of the molecule is C/C(=C\[C@H](C)CO[Si](c1ccccc1)(c1ccccc1)C(C)(C)C)C[C@H](C)C(=O)OC(C)(C)C. The summed E-state index contributed by atoms with van der Waals surface area (Å²) < 4.78 is 12.6. The van der Waals surface area contributed by atoms with Gasteiger partial charge in [-0.3, -0.25) is 4.79 Å². The van der Waals surface area contributed by atoms with Crippen molar-refractivity contribution in [1.82, 2.24) is 0 Å². The maximum Gasteiger partial charge on any atom is 0.309 e. The highest BCUT2D eigenvalue weighted by Gasteiger charge is 2.50. The van der Waals surface area contributed by atoms with Gasteiger partial charge in [-0.2, -0.15) is 0 Å². The molecule has 0 aliphatic rings. The minimum Gasteiger partial charge on any atom is -0.460 e. The van der Waals surface area contributed by atoms with Gasteiger partial charge in [-0.05, 0) is 55.4 Å². The molecular weight excluding hydrogens is 436 g/mol. The van der Waals surface area contributed by atoms with Crippen LogP contribution >= 0.6 is 0 Å². The smallest absolute Gasteiger partial charge is 0.309 e. The summed E-state index contributed by atoms with van der Waals surface area (Å²) >= 11 is 0. The predicted molar refractivity (Wildman–Crippen MR) is 146 cm³/mol. The fraction of sp³-hybridized carbons (Fsp3) is 0.500. The molecule has 2 rings (SSSR count). The topological polar surface area (TPSA) is 35.5 Å². The lowest BCUT2D eigenvalue weighted by molar-refractivity contribution is -0.159. The molecule has 0 amide bonds. The Labute approximate surface area is 208 Å². The lowest BCUT2D eigenvalue weighted by Gasteiger charge is -2.43. The molecule has 2 aromatic carbocycles. The van der Waals surface area contributed by atoms with E-state index in [2.05, 4.69) is 101 Å². The molecule has 0 aliphatic carbocycles. The number of allylic oxidation sites excluding steroid dienone is 1. The van der Waals surface area contributed by atoms with Crippen LogP contribution in [0.3, 0.4) is 0 Å². The Balaban J connectivity index is 2.24. The van der Waals surface area contributed by atoms with Gasteiger partial charge in [0.1, 0.15) is 5.60 Å². The number of hydrogen-bond donors (Lipinski definition) is 0. The van der Waals surface area contributed by atoms with Crippen LogP contribution in [0.1, 0.15) is 68.7 Å². The molecule has 0 aliphatic heterocycles. The first kappa shape index (κ1) is 28.1. The molecule has 4 heteroatoms. The molecule has 0 spiro atoms. The largest absolute Gasteiger partial charge is 0.460 e. The van der Waals surface area contributed by atoms with E-state index in [-0.39, 0.29) is 22.8 Å². The Morgan fingerprint density at radius 2 is 1.35 bits per heavy atom.